The molecule has 28 heavy (non-hydrogen) atoms. The fourth-order valence-electron chi connectivity index (χ4n) is 2.59. The topological polar surface area (TPSA) is 76.5 Å². The Hall–Kier alpha value is -3.68. The molecule has 2 amide bonds. The average molecular weight is 382 g/mol. The summed E-state index contributed by atoms with van der Waals surface area (Å²) in [5.74, 6) is -0.671. The van der Waals surface area contributed by atoms with Crippen molar-refractivity contribution in [3.05, 3.63) is 71.8 Å². The Bertz CT molecular complexity index is 1030. The SMILES string of the molecule is COc1ccc(C(=O)N(C)C)cc1NC(=O)c1ccn(-c2cccc(F)c2)n1. The molecule has 0 radical (unpaired) electrons. The van der Waals surface area contributed by atoms with Crippen molar-refractivity contribution in [2.75, 3.05) is 26.5 Å². The molecule has 3 aromatic rings. The second kappa shape index (κ2) is 7.91. The number of ether oxygens (including phenoxy) is 1. The highest BCUT2D eigenvalue weighted by molar-refractivity contribution is 6.04. The molecule has 0 unspecified atom stereocenters. The van der Waals surface area contributed by atoms with Crippen LogP contribution in [0.2, 0.25) is 0 Å². The van der Waals surface area contributed by atoms with Crippen LogP contribution in [0.5, 0.6) is 5.75 Å². The summed E-state index contributed by atoms with van der Waals surface area (Å²) in [6.07, 6.45) is 1.56. The molecule has 7 nitrogen and oxygen atoms in total. The number of nitrogens with one attached hydrogen (secondary N) is 1. The monoisotopic (exact) mass is 382 g/mol. The summed E-state index contributed by atoms with van der Waals surface area (Å²) in [7, 11) is 4.75. The Kier molecular flexibility index (Phi) is 5.39. The molecule has 0 spiro atoms. The van der Waals surface area contributed by atoms with E-state index in [9.17, 15) is 14.0 Å². The van der Waals surface area contributed by atoms with Gasteiger partial charge in [0.2, 0.25) is 0 Å². The molecule has 0 aliphatic carbocycles. The van der Waals surface area contributed by atoms with E-state index in [1.165, 1.54) is 34.9 Å². The molecular formula is C20H19FN4O3. The molecule has 1 N–H and O–H groups in total. The molecule has 0 saturated heterocycles. The second-order valence-corrected chi connectivity index (χ2v) is 6.19. The number of methoxy groups -OCH3 is 1. The van der Waals surface area contributed by atoms with Crippen LogP contribution in [0.4, 0.5) is 10.1 Å². The average Bonchev–Trinajstić information content (AvgIpc) is 3.17. The first-order valence-corrected chi connectivity index (χ1v) is 8.41. The minimum absolute atomic E-state index is 0.135. The van der Waals surface area contributed by atoms with Gasteiger partial charge < -0.3 is 15.0 Å². The van der Waals surface area contributed by atoms with E-state index >= 15 is 0 Å². The number of aromatic nitrogens is 2. The fourth-order valence-corrected chi connectivity index (χ4v) is 2.59. The van der Waals surface area contributed by atoms with Crippen LogP contribution in [0.15, 0.2) is 54.7 Å². The Morgan fingerprint density at radius 3 is 2.61 bits per heavy atom. The van der Waals surface area contributed by atoms with Crippen molar-refractivity contribution in [1.29, 1.82) is 0 Å². The number of hydrogen-bond donors (Lipinski definition) is 1. The van der Waals surface area contributed by atoms with E-state index in [2.05, 4.69) is 10.4 Å². The van der Waals surface area contributed by atoms with E-state index in [0.717, 1.165) is 0 Å². The number of benzene rings is 2. The van der Waals surface area contributed by atoms with E-state index in [-0.39, 0.29) is 11.6 Å². The van der Waals surface area contributed by atoms with Gasteiger partial charge in [0.15, 0.2) is 5.69 Å². The maximum atomic E-state index is 13.4. The lowest BCUT2D eigenvalue weighted by molar-refractivity contribution is 0.0827. The largest absolute Gasteiger partial charge is 0.495 e. The van der Waals surface area contributed by atoms with Crippen LogP contribution in [-0.4, -0.2) is 47.7 Å². The van der Waals surface area contributed by atoms with E-state index in [4.69, 9.17) is 4.74 Å². The number of carbonyl (C=O) groups excluding carboxylic acids is 2. The zero-order valence-electron chi connectivity index (χ0n) is 15.6. The standard InChI is InChI=1S/C20H19FN4O3/c1-24(2)20(27)13-7-8-18(28-3)17(11-13)22-19(26)16-9-10-25(23-16)15-6-4-5-14(21)12-15/h4-12H,1-3H3,(H,22,26). The number of halogens is 1. The number of rotatable bonds is 5. The summed E-state index contributed by atoms with van der Waals surface area (Å²) in [5.41, 5.74) is 1.39. The van der Waals surface area contributed by atoms with Crippen molar-refractivity contribution >= 4 is 17.5 Å². The molecule has 1 heterocycles. The molecule has 0 saturated carbocycles. The molecule has 8 heteroatoms. The zero-order valence-corrected chi connectivity index (χ0v) is 15.6. The zero-order chi connectivity index (χ0) is 20.3. The van der Waals surface area contributed by atoms with Crippen molar-refractivity contribution < 1.29 is 18.7 Å². The highest BCUT2D eigenvalue weighted by Crippen LogP contribution is 2.26. The van der Waals surface area contributed by atoms with Crippen LogP contribution in [0.25, 0.3) is 5.69 Å². The molecule has 0 bridgehead atoms. The molecule has 144 valence electrons. The van der Waals surface area contributed by atoms with E-state index < -0.39 is 11.7 Å². The molecule has 2 aromatic carbocycles. The minimum atomic E-state index is -0.483. The van der Waals surface area contributed by atoms with Crippen molar-refractivity contribution in [3.63, 3.8) is 0 Å². The van der Waals surface area contributed by atoms with Crippen LogP contribution in [-0.2, 0) is 0 Å². The smallest absolute Gasteiger partial charge is 0.276 e. The van der Waals surface area contributed by atoms with Crippen molar-refractivity contribution in [2.45, 2.75) is 0 Å². The quantitative estimate of drug-likeness (QED) is 0.736. The summed E-state index contributed by atoms with van der Waals surface area (Å²) in [6.45, 7) is 0. The van der Waals surface area contributed by atoms with Crippen LogP contribution in [0.3, 0.4) is 0 Å². The van der Waals surface area contributed by atoms with E-state index in [0.29, 0.717) is 22.7 Å². The van der Waals surface area contributed by atoms with Gasteiger partial charge in [-0.15, -0.1) is 0 Å². The first kappa shape index (κ1) is 19.1. The number of carbonyl (C=O) groups is 2. The predicted octanol–water partition coefficient (Wildman–Crippen LogP) is 2.97. The predicted molar refractivity (Wildman–Crippen MR) is 102 cm³/mol. The van der Waals surface area contributed by atoms with Crippen molar-refractivity contribution in [1.82, 2.24) is 14.7 Å². The van der Waals surface area contributed by atoms with E-state index in [1.54, 1.807) is 50.6 Å². The molecule has 0 atom stereocenters. The third kappa shape index (κ3) is 4.01. The van der Waals surface area contributed by atoms with Gasteiger partial charge in [0, 0.05) is 25.9 Å². The molecule has 0 aliphatic heterocycles. The van der Waals surface area contributed by atoms with Crippen LogP contribution in [0, 0.1) is 5.82 Å². The van der Waals surface area contributed by atoms with Gasteiger partial charge in [0.05, 0.1) is 18.5 Å². The molecule has 0 aliphatic rings. The van der Waals surface area contributed by atoms with Crippen molar-refractivity contribution in [3.8, 4) is 11.4 Å². The van der Waals surface area contributed by atoms with Crippen LogP contribution >= 0.6 is 0 Å². The second-order valence-electron chi connectivity index (χ2n) is 6.19. The van der Waals surface area contributed by atoms with Gasteiger partial charge in [-0.25, -0.2) is 9.07 Å². The van der Waals surface area contributed by atoms with Crippen LogP contribution < -0.4 is 10.1 Å². The van der Waals surface area contributed by atoms with E-state index in [1.807, 2.05) is 0 Å². The third-order valence-corrected chi connectivity index (χ3v) is 4.00. The minimum Gasteiger partial charge on any atom is -0.495 e. The van der Waals surface area contributed by atoms with Gasteiger partial charge in [-0.2, -0.15) is 5.10 Å². The summed E-state index contributed by atoms with van der Waals surface area (Å²) < 4.78 is 20.0. The Balaban J connectivity index is 1.85. The summed E-state index contributed by atoms with van der Waals surface area (Å²) in [4.78, 5) is 26.2. The summed E-state index contributed by atoms with van der Waals surface area (Å²) >= 11 is 0. The number of nitrogens with zero attached hydrogens (tertiary/aromatic N) is 3. The molecular weight excluding hydrogens is 363 g/mol. The highest BCUT2D eigenvalue weighted by Gasteiger charge is 2.16. The van der Waals surface area contributed by atoms with Crippen molar-refractivity contribution in [2.24, 2.45) is 0 Å². The number of amides is 2. The van der Waals surface area contributed by atoms with Gasteiger partial charge in [-0.05, 0) is 42.5 Å². The lowest BCUT2D eigenvalue weighted by Crippen LogP contribution is -2.22. The normalized spacial score (nSPS) is 10.4. The third-order valence-electron chi connectivity index (χ3n) is 4.00. The van der Waals surface area contributed by atoms with Gasteiger partial charge >= 0.3 is 0 Å². The van der Waals surface area contributed by atoms with Gasteiger partial charge in [0.1, 0.15) is 11.6 Å². The van der Waals surface area contributed by atoms with Gasteiger partial charge in [-0.3, -0.25) is 9.59 Å². The lowest BCUT2D eigenvalue weighted by Gasteiger charge is -2.14. The van der Waals surface area contributed by atoms with Gasteiger partial charge in [-0.1, -0.05) is 6.07 Å². The number of hydrogen-bond acceptors (Lipinski definition) is 4. The highest BCUT2D eigenvalue weighted by atomic mass is 19.1. The lowest BCUT2D eigenvalue weighted by atomic mass is 10.1. The molecule has 0 fully saturated rings. The maximum absolute atomic E-state index is 13.4. The van der Waals surface area contributed by atoms with Crippen LogP contribution in [0.1, 0.15) is 20.8 Å². The summed E-state index contributed by atoms with van der Waals surface area (Å²) in [5, 5.41) is 6.88. The summed E-state index contributed by atoms with van der Waals surface area (Å²) in [6, 6.07) is 12.2. The molecule has 3 rings (SSSR count). The Morgan fingerprint density at radius 1 is 1.14 bits per heavy atom. The Morgan fingerprint density at radius 2 is 1.93 bits per heavy atom. The maximum Gasteiger partial charge on any atom is 0.276 e. The number of anilines is 1. The fraction of sp³-hybridized carbons (Fsp3) is 0.150. The first-order chi connectivity index (χ1) is 13.4. The van der Waals surface area contributed by atoms with Gasteiger partial charge in [0.25, 0.3) is 11.8 Å². The molecule has 1 aromatic heterocycles. The first-order valence-electron chi connectivity index (χ1n) is 8.41. The Labute approximate surface area is 161 Å².